The smallest absolute Gasteiger partial charge is 0.248 e. The van der Waals surface area contributed by atoms with Gasteiger partial charge >= 0.3 is 0 Å². The van der Waals surface area contributed by atoms with E-state index in [-0.39, 0.29) is 42.4 Å². The van der Waals surface area contributed by atoms with Crippen LogP contribution in [0, 0.1) is 12.7 Å². The van der Waals surface area contributed by atoms with Crippen LogP contribution in [0.15, 0.2) is 58.0 Å². The zero-order valence-electron chi connectivity index (χ0n) is 17.8. The van der Waals surface area contributed by atoms with Gasteiger partial charge in [0.05, 0.1) is 6.10 Å². The normalized spacial score (nSPS) is 11.2. The van der Waals surface area contributed by atoms with E-state index in [1.807, 2.05) is 44.2 Å². The summed E-state index contributed by atoms with van der Waals surface area (Å²) >= 11 is 0. The van der Waals surface area contributed by atoms with Crippen molar-refractivity contribution in [2.24, 2.45) is 4.99 Å². The van der Waals surface area contributed by atoms with E-state index in [4.69, 9.17) is 9.26 Å². The molecule has 166 valence electrons. The maximum atomic E-state index is 13.4. The fourth-order valence-corrected chi connectivity index (χ4v) is 2.73. The van der Waals surface area contributed by atoms with Gasteiger partial charge in [-0.25, -0.2) is 9.38 Å². The van der Waals surface area contributed by atoms with Crippen molar-refractivity contribution in [1.82, 2.24) is 15.5 Å². The second-order valence-corrected chi connectivity index (χ2v) is 7.02. The Hall–Kier alpha value is -2.69. The summed E-state index contributed by atoms with van der Waals surface area (Å²) in [6.45, 7) is 6.54. The number of benzene rings is 2. The van der Waals surface area contributed by atoms with Crippen LogP contribution in [0.1, 0.15) is 31.1 Å². The highest BCUT2D eigenvalue weighted by Gasteiger charge is 2.06. The minimum absolute atomic E-state index is 0. The predicted octanol–water partition coefficient (Wildman–Crippen LogP) is 4.72. The molecule has 0 saturated carbocycles. The average molecular weight is 539 g/mol. The van der Waals surface area contributed by atoms with Gasteiger partial charge in [-0.15, -0.1) is 24.0 Å². The first kappa shape index (κ1) is 24.6. The molecule has 3 rings (SSSR count). The van der Waals surface area contributed by atoms with Crippen LogP contribution in [-0.2, 0) is 13.0 Å². The number of aryl methyl sites for hydroxylation is 1. The van der Waals surface area contributed by atoms with E-state index < -0.39 is 0 Å². The van der Waals surface area contributed by atoms with Gasteiger partial charge < -0.3 is 19.9 Å². The molecule has 2 N–H and O–H groups in total. The van der Waals surface area contributed by atoms with Gasteiger partial charge in [0, 0.05) is 12.2 Å². The van der Waals surface area contributed by atoms with E-state index in [1.165, 1.54) is 12.1 Å². The largest absolute Gasteiger partial charge is 0.491 e. The summed E-state index contributed by atoms with van der Waals surface area (Å²) in [5.41, 5.74) is 1.76. The maximum Gasteiger partial charge on any atom is 0.248 e. The Labute approximate surface area is 198 Å². The number of aromatic nitrogens is 2. The van der Waals surface area contributed by atoms with Gasteiger partial charge in [-0.3, -0.25) is 0 Å². The molecule has 0 aliphatic rings. The summed E-state index contributed by atoms with van der Waals surface area (Å²) in [4.78, 5) is 8.68. The van der Waals surface area contributed by atoms with Gasteiger partial charge in [0.2, 0.25) is 5.89 Å². The van der Waals surface area contributed by atoms with Crippen molar-refractivity contribution in [3.05, 3.63) is 71.6 Å². The second kappa shape index (κ2) is 12.2. The van der Waals surface area contributed by atoms with Crippen molar-refractivity contribution in [3.63, 3.8) is 0 Å². The van der Waals surface area contributed by atoms with Gasteiger partial charge in [0.1, 0.15) is 18.1 Å². The molecule has 0 fully saturated rings. The van der Waals surface area contributed by atoms with Crippen molar-refractivity contribution in [2.45, 2.75) is 39.8 Å². The molecule has 0 saturated heterocycles. The Bertz CT molecular complexity index is 976. The van der Waals surface area contributed by atoms with E-state index >= 15 is 0 Å². The van der Waals surface area contributed by atoms with Crippen LogP contribution < -0.4 is 15.4 Å². The maximum absolute atomic E-state index is 13.4. The molecule has 0 aliphatic heterocycles. The highest BCUT2D eigenvalue weighted by Crippen LogP contribution is 2.17. The van der Waals surface area contributed by atoms with Gasteiger partial charge in [-0.05, 0) is 69.2 Å². The SMILES string of the molecule is Cc1noc(CN=C(NCCc2cccc(F)c2)Nc2ccc(OC(C)C)cc2)n1.I. The Kier molecular flexibility index (Phi) is 9.70. The fraction of sp³-hybridized carbons (Fsp3) is 0.318. The predicted molar refractivity (Wildman–Crippen MR) is 130 cm³/mol. The molecule has 9 heteroatoms. The number of anilines is 1. The highest BCUT2D eigenvalue weighted by atomic mass is 127. The van der Waals surface area contributed by atoms with Gasteiger partial charge in [0.25, 0.3) is 0 Å². The topological polar surface area (TPSA) is 84.6 Å². The molecule has 0 aliphatic carbocycles. The number of aliphatic imine (C=N–C) groups is 1. The fourth-order valence-electron chi connectivity index (χ4n) is 2.73. The van der Waals surface area contributed by atoms with Crippen LogP contribution in [-0.4, -0.2) is 28.7 Å². The van der Waals surface area contributed by atoms with Crippen LogP contribution in [0.4, 0.5) is 10.1 Å². The van der Waals surface area contributed by atoms with Crippen LogP contribution >= 0.6 is 24.0 Å². The van der Waals surface area contributed by atoms with Crippen molar-refractivity contribution in [2.75, 3.05) is 11.9 Å². The third-order valence-electron chi connectivity index (χ3n) is 4.03. The monoisotopic (exact) mass is 539 g/mol. The first-order valence-electron chi connectivity index (χ1n) is 9.83. The summed E-state index contributed by atoms with van der Waals surface area (Å²) in [5.74, 6) is 2.11. The third-order valence-corrected chi connectivity index (χ3v) is 4.03. The zero-order chi connectivity index (χ0) is 21.3. The molecule has 2 aromatic carbocycles. The molecule has 1 heterocycles. The van der Waals surface area contributed by atoms with E-state index in [9.17, 15) is 4.39 Å². The molecule has 0 unspecified atom stereocenters. The van der Waals surface area contributed by atoms with Gasteiger partial charge in [0.15, 0.2) is 11.8 Å². The lowest BCUT2D eigenvalue weighted by atomic mass is 10.1. The summed E-state index contributed by atoms with van der Waals surface area (Å²) in [5, 5.41) is 10.3. The Morgan fingerprint density at radius 2 is 1.97 bits per heavy atom. The van der Waals surface area contributed by atoms with Crippen LogP contribution in [0.5, 0.6) is 5.75 Å². The Balaban J connectivity index is 0.00000341. The van der Waals surface area contributed by atoms with Crippen LogP contribution in [0.25, 0.3) is 0 Å². The first-order valence-corrected chi connectivity index (χ1v) is 9.83. The summed E-state index contributed by atoms with van der Waals surface area (Å²) in [7, 11) is 0. The molecule has 31 heavy (non-hydrogen) atoms. The summed E-state index contributed by atoms with van der Waals surface area (Å²) < 4.78 is 24.2. The molecular weight excluding hydrogens is 512 g/mol. The standard InChI is InChI=1S/C22H26FN5O2.HI/c1-15(2)29-20-9-7-19(8-10-20)27-22(25-14-21-26-16(3)28-30-21)24-12-11-17-5-4-6-18(23)13-17;/h4-10,13,15H,11-12,14H2,1-3H3,(H2,24,25,27);1H. The minimum atomic E-state index is -0.241. The quantitative estimate of drug-likeness (QED) is 0.245. The molecule has 7 nitrogen and oxygen atoms in total. The van der Waals surface area contributed by atoms with E-state index in [0.717, 1.165) is 17.0 Å². The van der Waals surface area contributed by atoms with E-state index in [2.05, 4.69) is 25.8 Å². The second-order valence-electron chi connectivity index (χ2n) is 7.02. The molecule has 0 atom stereocenters. The molecular formula is C22H27FIN5O2. The van der Waals surface area contributed by atoms with Crippen molar-refractivity contribution in [3.8, 4) is 5.75 Å². The third kappa shape index (κ3) is 8.52. The van der Waals surface area contributed by atoms with Crippen molar-refractivity contribution >= 4 is 35.6 Å². The number of halogens is 2. The van der Waals surface area contributed by atoms with Gasteiger partial charge in [-0.2, -0.15) is 4.98 Å². The van der Waals surface area contributed by atoms with E-state index in [1.54, 1.807) is 13.0 Å². The number of rotatable bonds is 8. The van der Waals surface area contributed by atoms with E-state index in [0.29, 0.717) is 30.6 Å². The number of hydrogen-bond acceptors (Lipinski definition) is 5. The van der Waals surface area contributed by atoms with Crippen molar-refractivity contribution < 1.29 is 13.7 Å². The number of hydrogen-bond donors (Lipinski definition) is 2. The highest BCUT2D eigenvalue weighted by molar-refractivity contribution is 14.0. The van der Waals surface area contributed by atoms with Gasteiger partial charge in [-0.1, -0.05) is 17.3 Å². The lowest BCUT2D eigenvalue weighted by molar-refractivity contribution is 0.242. The Morgan fingerprint density at radius 3 is 2.61 bits per heavy atom. The molecule has 3 aromatic rings. The van der Waals surface area contributed by atoms with Crippen molar-refractivity contribution in [1.29, 1.82) is 0 Å². The number of ether oxygens (including phenoxy) is 1. The summed E-state index contributed by atoms with van der Waals surface area (Å²) in [6, 6.07) is 14.2. The summed E-state index contributed by atoms with van der Waals surface area (Å²) in [6.07, 6.45) is 0.766. The Morgan fingerprint density at radius 1 is 1.19 bits per heavy atom. The minimum Gasteiger partial charge on any atom is -0.491 e. The lowest BCUT2D eigenvalue weighted by Gasteiger charge is -2.14. The average Bonchev–Trinajstić information content (AvgIpc) is 3.12. The lowest BCUT2D eigenvalue weighted by Crippen LogP contribution is -2.32. The number of nitrogens with zero attached hydrogens (tertiary/aromatic N) is 3. The number of guanidine groups is 1. The molecule has 0 bridgehead atoms. The zero-order valence-corrected chi connectivity index (χ0v) is 20.1. The van der Waals surface area contributed by atoms with Crippen LogP contribution in [0.3, 0.4) is 0 Å². The first-order chi connectivity index (χ1) is 14.5. The molecule has 0 spiro atoms. The molecule has 0 amide bonds. The number of nitrogens with one attached hydrogen (secondary N) is 2. The molecule has 0 radical (unpaired) electrons. The van der Waals surface area contributed by atoms with Crippen LogP contribution in [0.2, 0.25) is 0 Å². The molecule has 1 aromatic heterocycles.